The van der Waals surface area contributed by atoms with Crippen LogP contribution in [0.25, 0.3) is 10.9 Å². The molecule has 0 unspecified atom stereocenters. The number of hydrogen-bond acceptors (Lipinski definition) is 4. The second-order valence-electron chi connectivity index (χ2n) is 6.06. The third-order valence-corrected chi connectivity index (χ3v) is 5.39. The number of aldehydes is 1. The predicted octanol–water partition coefficient (Wildman–Crippen LogP) is 3.93. The van der Waals surface area contributed by atoms with E-state index in [9.17, 15) is 9.59 Å². The van der Waals surface area contributed by atoms with Crippen LogP contribution in [0.4, 0.5) is 0 Å². The summed E-state index contributed by atoms with van der Waals surface area (Å²) >= 11 is 12.7. The highest BCUT2D eigenvalue weighted by Crippen LogP contribution is 2.51. The summed E-state index contributed by atoms with van der Waals surface area (Å²) in [5, 5.41) is 4.84. The Labute approximate surface area is 159 Å². The highest BCUT2D eigenvalue weighted by Gasteiger charge is 2.65. The Morgan fingerprint density at radius 2 is 1.88 bits per heavy atom. The van der Waals surface area contributed by atoms with Gasteiger partial charge >= 0.3 is 5.97 Å². The van der Waals surface area contributed by atoms with Gasteiger partial charge in [0.15, 0.2) is 6.29 Å². The second-order valence-corrected chi connectivity index (χ2v) is 6.87. The molecule has 0 radical (unpaired) electrons. The van der Waals surface area contributed by atoms with Crippen LogP contribution >= 0.6 is 23.2 Å². The number of rotatable bonds is 4. The summed E-state index contributed by atoms with van der Waals surface area (Å²) in [7, 11) is 1.32. The predicted molar refractivity (Wildman–Crippen MR) is 99.7 cm³/mol. The van der Waals surface area contributed by atoms with Crippen molar-refractivity contribution in [2.24, 2.45) is 0 Å². The summed E-state index contributed by atoms with van der Waals surface area (Å²) in [5.74, 6) is -0.489. The molecule has 2 atom stereocenters. The summed E-state index contributed by atoms with van der Waals surface area (Å²) in [6, 6.07) is 12.1. The minimum Gasteiger partial charge on any atom is -0.466 e. The molecule has 0 spiro atoms. The number of nitrogens with zero attached hydrogens (tertiary/aromatic N) is 1. The molecule has 1 aromatic heterocycles. The van der Waals surface area contributed by atoms with Crippen molar-refractivity contribution < 1.29 is 14.3 Å². The van der Waals surface area contributed by atoms with Crippen molar-refractivity contribution in [3.05, 3.63) is 69.8 Å². The van der Waals surface area contributed by atoms with E-state index < -0.39 is 17.7 Å². The molecule has 0 bridgehead atoms. The summed E-state index contributed by atoms with van der Waals surface area (Å²) < 4.78 is 6.78. The van der Waals surface area contributed by atoms with Gasteiger partial charge in [-0.2, -0.15) is 0 Å². The zero-order valence-corrected chi connectivity index (χ0v) is 15.2. The molecular formula is C19H14Cl2N2O3. The first kappa shape index (κ1) is 17.1. The van der Waals surface area contributed by atoms with Crippen LogP contribution in [0.5, 0.6) is 0 Å². The van der Waals surface area contributed by atoms with Crippen molar-refractivity contribution in [3.63, 3.8) is 0 Å². The molecule has 0 saturated carbocycles. The Kier molecular flexibility index (Phi) is 4.03. The smallest absolute Gasteiger partial charge is 0.349 e. The normalized spacial score (nSPS) is 21.6. The fraction of sp³-hybridized carbons (Fsp3) is 0.158. The topological polar surface area (TPSA) is 70.2 Å². The van der Waals surface area contributed by atoms with E-state index >= 15 is 0 Å². The molecule has 5 nitrogen and oxygen atoms in total. The summed E-state index contributed by atoms with van der Waals surface area (Å²) in [6.07, 6.45) is 2.41. The Balaban J connectivity index is 1.95. The van der Waals surface area contributed by atoms with E-state index in [1.165, 1.54) is 7.11 Å². The number of hydrogen-bond donors (Lipinski definition) is 1. The maximum atomic E-state index is 12.8. The number of aromatic nitrogens is 1. The quantitative estimate of drug-likeness (QED) is 0.417. The standard InChI is InChI=1S/C19H14Cl2N2O3/c1-26-18(25)19(17(22-19)16-13(20)6-4-7-14(16)21)23-9-11(10-24)12-5-2-3-8-15(12)23/h2-10,17,22H,1H3/t17-,19+/m0/s1. The lowest BCUT2D eigenvalue weighted by atomic mass is 10.1. The van der Waals surface area contributed by atoms with Crippen molar-refractivity contribution in [2.75, 3.05) is 7.11 Å². The van der Waals surface area contributed by atoms with E-state index in [2.05, 4.69) is 5.32 Å². The van der Waals surface area contributed by atoms with Gasteiger partial charge in [0.1, 0.15) is 0 Å². The molecule has 1 saturated heterocycles. The summed E-state index contributed by atoms with van der Waals surface area (Å²) in [4.78, 5) is 24.3. The zero-order chi connectivity index (χ0) is 18.5. The van der Waals surface area contributed by atoms with Gasteiger partial charge in [-0.3, -0.25) is 10.1 Å². The van der Waals surface area contributed by atoms with Gasteiger partial charge in [0.25, 0.3) is 0 Å². The van der Waals surface area contributed by atoms with Crippen LogP contribution in [0.1, 0.15) is 22.0 Å². The number of carbonyl (C=O) groups excluding carboxylic acids is 2. The molecule has 1 aliphatic heterocycles. The monoisotopic (exact) mass is 388 g/mol. The third kappa shape index (κ3) is 2.28. The minimum atomic E-state index is -1.22. The van der Waals surface area contributed by atoms with Gasteiger partial charge in [0.2, 0.25) is 5.66 Å². The molecule has 1 aliphatic rings. The van der Waals surface area contributed by atoms with Crippen molar-refractivity contribution in [1.29, 1.82) is 0 Å². The molecule has 1 fully saturated rings. The van der Waals surface area contributed by atoms with Gasteiger partial charge in [0.05, 0.1) is 18.7 Å². The summed E-state index contributed by atoms with van der Waals surface area (Å²) in [6.45, 7) is 0. The van der Waals surface area contributed by atoms with Gasteiger partial charge in [0, 0.05) is 32.8 Å². The molecular weight excluding hydrogens is 375 g/mol. The number of fused-ring (bicyclic) bond motifs is 1. The largest absolute Gasteiger partial charge is 0.466 e. The van der Waals surface area contributed by atoms with Gasteiger partial charge in [-0.25, -0.2) is 4.79 Å². The highest BCUT2D eigenvalue weighted by molar-refractivity contribution is 6.36. The van der Waals surface area contributed by atoms with Gasteiger partial charge < -0.3 is 9.30 Å². The van der Waals surface area contributed by atoms with E-state index in [0.717, 1.165) is 17.2 Å². The maximum absolute atomic E-state index is 12.8. The first-order valence-corrected chi connectivity index (χ1v) is 8.66. The molecule has 4 rings (SSSR count). The van der Waals surface area contributed by atoms with E-state index in [0.29, 0.717) is 21.2 Å². The number of methoxy groups -OCH3 is 1. The molecule has 1 N–H and O–H groups in total. The van der Waals surface area contributed by atoms with E-state index in [1.807, 2.05) is 24.3 Å². The first-order valence-electron chi connectivity index (χ1n) is 7.90. The van der Waals surface area contributed by atoms with Crippen LogP contribution in [0.15, 0.2) is 48.7 Å². The van der Waals surface area contributed by atoms with Crippen molar-refractivity contribution in [2.45, 2.75) is 11.7 Å². The SMILES string of the molecule is COC(=O)[C@@]1(n2cc(C=O)c3ccccc32)N[C@H]1c1c(Cl)cccc1Cl. The van der Waals surface area contributed by atoms with Gasteiger partial charge in [-0.15, -0.1) is 0 Å². The number of esters is 1. The van der Waals surface area contributed by atoms with Crippen molar-refractivity contribution >= 4 is 46.4 Å². The average Bonchev–Trinajstić information content (AvgIpc) is 3.26. The van der Waals surface area contributed by atoms with E-state index in [4.69, 9.17) is 27.9 Å². The fourth-order valence-corrected chi connectivity index (χ4v) is 4.09. The van der Waals surface area contributed by atoms with Crippen LogP contribution in [-0.4, -0.2) is 23.9 Å². The zero-order valence-electron chi connectivity index (χ0n) is 13.7. The van der Waals surface area contributed by atoms with Crippen molar-refractivity contribution in [3.8, 4) is 0 Å². The molecule has 2 aromatic carbocycles. The first-order chi connectivity index (χ1) is 12.5. The Morgan fingerprint density at radius 3 is 2.54 bits per heavy atom. The number of carbonyl (C=O) groups is 2. The lowest BCUT2D eigenvalue weighted by Crippen LogP contribution is -2.33. The molecule has 7 heteroatoms. The third-order valence-electron chi connectivity index (χ3n) is 4.73. The van der Waals surface area contributed by atoms with Gasteiger partial charge in [-0.1, -0.05) is 47.5 Å². The number of para-hydroxylation sites is 1. The number of nitrogens with one attached hydrogen (secondary N) is 1. The van der Waals surface area contributed by atoms with E-state index in [-0.39, 0.29) is 0 Å². The summed E-state index contributed by atoms with van der Waals surface area (Å²) in [5.41, 5.74) is 0.621. The molecule has 132 valence electrons. The molecule has 26 heavy (non-hydrogen) atoms. The Morgan fingerprint density at radius 1 is 1.19 bits per heavy atom. The Hall–Kier alpha value is -2.34. The lowest BCUT2D eigenvalue weighted by molar-refractivity contribution is -0.146. The molecule has 0 amide bonds. The lowest BCUT2D eigenvalue weighted by Gasteiger charge is -2.17. The molecule has 2 heterocycles. The average molecular weight is 389 g/mol. The van der Waals surface area contributed by atoms with Crippen LogP contribution in [0.3, 0.4) is 0 Å². The van der Waals surface area contributed by atoms with Crippen LogP contribution in [-0.2, 0) is 15.2 Å². The fourth-order valence-electron chi connectivity index (χ4n) is 3.48. The maximum Gasteiger partial charge on any atom is 0.349 e. The number of ether oxygens (including phenoxy) is 1. The number of halogens is 2. The van der Waals surface area contributed by atoms with Crippen LogP contribution in [0.2, 0.25) is 10.0 Å². The van der Waals surface area contributed by atoms with Gasteiger partial charge in [-0.05, 0) is 18.2 Å². The molecule has 3 aromatic rings. The molecule has 0 aliphatic carbocycles. The van der Waals surface area contributed by atoms with E-state index in [1.54, 1.807) is 29.0 Å². The second kappa shape index (κ2) is 6.13. The van der Waals surface area contributed by atoms with Crippen molar-refractivity contribution in [1.82, 2.24) is 9.88 Å². The minimum absolute atomic E-state index is 0.452. The number of benzene rings is 2. The highest BCUT2D eigenvalue weighted by atomic mass is 35.5. The van der Waals surface area contributed by atoms with Crippen LogP contribution in [0, 0.1) is 0 Å². The Bertz CT molecular complexity index is 1030. The van der Waals surface area contributed by atoms with Crippen LogP contribution < -0.4 is 5.32 Å².